The normalized spacial score (nSPS) is 12.4. The quantitative estimate of drug-likeness (QED) is 0.509. The molecule has 0 saturated heterocycles. The molecule has 0 aliphatic rings. The van der Waals surface area contributed by atoms with E-state index in [0.29, 0.717) is 0 Å². The van der Waals surface area contributed by atoms with Gasteiger partial charge in [-0.15, -0.1) is 0 Å². The van der Waals surface area contributed by atoms with Crippen LogP contribution < -0.4 is 10.5 Å². The van der Waals surface area contributed by atoms with Gasteiger partial charge >= 0.3 is 0 Å². The van der Waals surface area contributed by atoms with Gasteiger partial charge in [-0.3, -0.25) is 9.11 Å². The molecule has 0 fully saturated rings. The van der Waals surface area contributed by atoms with Gasteiger partial charge in [0.25, 0.3) is 20.2 Å². The van der Waals surface area contributed by atoms with E-state index >= 15 is 0 Å². The Morgan fingerprint density at radius 2 is 1.53 bits per heavy atom. The molecule has 0 radical (unpaired) electrons. The van der Waals surface area contributed by atoms with E-state index in [1.807, 2.05) is 0 Å². The molecule has 17 heavy (non-hydrogen) atoms. The minimum atomic E-state index is -4.93. The number of hydrogen-bond acceptors (Lipinski definition) is 6. The van der Waals surface area contributed by atoms with Gasteiger partial charge in [0.1, 0.15) is 10.6 Å². The summed E-state index contributed by atoms with van der Waals surface area (Å²) >= 11 is 0. The highest BCUT2D eigenvalue weighted by molar-refractivity contribution is 7.89. The highest BCUT2D eigenvalue weighted by Gasteiger charge is 2.30. The molecule has 0 atom stereocenters. The molecule has 0 amide bonds. The number of nitrogens with two attached hydrogens (primary N) is 1. The van der Waals surface area contributed by atoms with Crippen LogP contribution in [0, 0.1) is 0 Å². The molecular formula is C7H9NO7S2. The fourth-order valence-electron chi connectivity index (χ4n) is 1.23. The second-order valence-electron chi connectivity index (χ2n) is 2.97. The van der Waals surface area contributed by atoms with Gasteiger partial charge in [0.05, 0.1) is 12.8 Å². The second kappa shape index (κ2) is 4.14. The summed E-state index contributed by atoms with van der Waals surface area (Å²) in [5, 5.41) is 0. The Bertz CT molecular complexity index is 647. The van der Waals surface area contributed by atoms with Crippen molar-refractivity contribution in [1.82, 2.24) is 0 Å². The van der Waals surface area contributed by atoms with Gasteiger partial charge in [0, 0.05) is 0 Å². The number of ether oxygens (including phenoxy) is 1. The van der Waals surface area contributed by atoms with Gasteiger partial charge < -0.3 is 10.5 Å². The van der Waals surface area contributed by atoms with Crippen molar-refractivity contribution in [3.05, 3.63) is 12.1 Å². The van der Waals surface area contributed by atoms with Crippen LogP contribution in [0.4, 0.5) is 5.69 Å². The lowest BCUT2D eigenvalue weighted by atomic mass is 10.3. The first-order valence-corrected chi connectivity index (χ1v) is 6.88. The average molecular weight is 283 g/mol. The van der Waals surface area contributed by atoms with Crippen LogP contribution in [0.5, 0.6) is 5.75 Å². The summed E-state index contributed by atoms with van der Waals surface area (Å²) in [6.45, 7) is 0. The SMILES string of the molecule is COc1ccc(N)c(S(=O)(=O)O)c1S(=O)(=O)O. The summed E-state index contributed by atoms with van der Waals surface area (Å²) in [5.74, 6) is -0.450. The largest absolute Gasteiger partial charge is 0.495 e. The Labute approximate surface area is 97.5 Å². The minimum Gasteiger partial charge on any atom is -0.495 e. The molecular weight excluding hydrogens is 274 g/mol. The zero-order chi connectivity index (χ0) is 13.4. The number of benzene rings is 1. The molecule has 1 rings (SSSR count). The molecule has 96 valence electrons. The molecule has 0 aliphatic carbocycles. The van der Waals surface area contributed by atoms with Crippen molar-refractivity contribution in [3.8, 4) is 5.75 Å². The van der Waals surface area contributed by atoms with E-state index in [-0.39, 0.29) is 0 Å². The summed E-state index contributed by atoms with van der Waals surface area (Å²) < 4.78 is 66.6. The topological polar surface area (TPSA) is 144 Å². The molecule has 8 nitrogen and oxygen atoms in total. The molecule has 1 aromatic rings. The molecule has 0 aromatic heterocycles. The minimum absolute atomic E-state index is 0.450. The lowest BCUT2D eigenvalue weighted by molar-refractivity contribution is 0.392. The zero-order valence-corrected chi connectivity index (χ0v) is 10.1. The molecule has 1 aromatic carbocycles. The van der Waals surface area contributed by atoms with Crippen molar-refractivity contribution in [2.45, 2.75) is 9.79 Å². The predicted octanol–water partition coefficient (Wildman–Crippen LogP) is -0.229. The third-order valence-electron chi connectivity index (χ3n) is 1.84. The van der Waals surface area contributed by atoms with E-state index in [1.165, 1.54) is 0 Å². The number of methoxy groups -OCH3 is 1. The van der Waals surface area contributed by atoms with E-state index in [9.17, 15) is 16.8 Å². The average Bonchev–Trinajstić information content (AvgIpc) is 2.13. The van der Waals surface area contributed by atoms with E-state index in [1.54, 1.807) is 0 Å². The zero-order valence-electron chi connectivity index (χ0n) is 8.48. The van der Waals surface area contributed by atoms with Crippen molar-refractivity contribution in [2.75, 3.05) is 12.8 Å². The summed E-state index contributed by atoms with van der Waals surface area (Å²) in [4.78, 5) is -2.21. The van der Waals surface area contributed by atoms with Gasteiger partial charge in [0.15, 0.2) is 4.90 Å². The van der Waals surface area contributed by atoms with Crippen LogP contribution in [0.3, 0.4) is 0 Å². The van der Waals surface area contributed by atoms with Crippen LogP contribution in [0.25, 0.3) is 0 Å². The van der Waals surface area contributed by atoms with Crippen molar-refractivity contribution >= 4 is 25.9 Å². The van der Waals surface area contributed by atoms with Crippen LogP contribution in [0.15, 0.2) is 21.9 Å². The third kappa shape index (κ3) is 2.66. The van der Waals surface area contributed by atoms with Crippen molar-refractivity contribution in [2.24, 2.45) is 0 Å². The lowest BCUT2D eigenvalue weighted by Crippen LogP contribution is -2.12. The molecule has 10 heteroatoms. The van der Waals surface area contributed by atoms with Crippen LogP contribution in [-0.2, 0) is 20.2 Å². The summed E-state index contributed by atoms with van der Waals surface area (Å²) in [7, 11) is -8.79. The highest BCUT2D eigenvalue weighted by Crippen LogP contribution is 2.34. The van der Waals surface area contributed by atoms with Gasteiger partial charge in [-0.05, 0) is 12.1 Å². The number of rotatable bonds is 3. The van der Waals surface area contributed by atoms with Gasteiger partial charge in [-0.25, -0.2) is 0 Å². The number of hydrogen-bond donors (Lipinski definition) is 3. The smallest absolute Gasteiger partial charge is 0.299 e. The van der Waals surface area contributed by atoms with Crippen LogP contribution in [-0.4, -0.2) is 33.1 Å². The fourth-order valence-corrected chi connectivity index (χ4v) is 3.32. The standard InChI is InChI=1S/C7H9NO7S2/c1-15-5-3-2-4(8)6(16(9,10)11)7(5)17(12,13)14/h2-3H,8H2,1H3,(H,9,10,11)(H,12,13,14). The van der Waals surface area contributed by atoms with Crippen LogP contribution in [0.2, 0.25) is 0 Å². The Morgan fingerprint density at radius 3 is 1.88 bits per heavy atom. The summed E-state index contributed by atoms with van der Waals surface area (Å²) in [6.07, 6.45) is 0. The van der Waals surface area contributed by atoms with E-state index in [2.05, 4.69) is 4.74 Å². The van der Waals surface area contributed by atoms with Crippen molar-refractivity contribution in [3.63, 3.8) is 0 Å². The monoisotopic (exact) mass is 283 g/mol. The molecule has 0 bridgehead atoms. The van der Waals surface area contributed by atoms with Crippen LogP contribution in [0.1, 0.15) is 0 Å². The first-order valence-electron chi connectivity index (χ1n) is 4.00. The van der Waals surface area contributed by atoms with E-state index in [4.69, 9.17) is 14.8 Å². The maximum absolute atomic E-state index is 11.1. The molecule has 0 aliphatic heterocycles. The summed E-state index contributed by atoms with van der Waals surface area (Å²) in [5.41, 5.74) is 4.73. The second-order valence-corrected chi connectivity index (χ2v) is 5.68. The molecule has 4 N–H and O–H groups in total. The highest BCUT2D eigenvalue weighted by atomic mass is 32.2. The first-order chi connectivity index (χ1) is 7.59. The van der Waals surface area contributed by atoms with Crippen molar-refractivity contribution < 1.29 is 30.7 Å². The number of nitrogen functional groups attached to an aromatic ring is 1. The number of anilines is 1. The fraction of sp³-hybridized carbons (Fsp3) is 0.143. The first kappa shape index (κ1) is 13.7. The van der Waals surface area contributed by atoms with Crippen LogP contribution >= 0.6 is 0 Å². The summed E-state index contributed by atoms with van der Waals surface area (Å²) in [6, 6.07) is 2.07. The predicted molar refractivity (Wildman–Crippen MR) is 57.0 cm³/mol. The molecule has 0 unspecified atom stereocenters. The Hall–Kier alpha value is -1.36. The Morgan fingerprint density at radius 1 is 1.06 bits per heavy atom. The van der Waals surface area contributed by atoms with Gasteiger partial charge in [-0.1, -0.05) is 0 Å². The van der Waals surface area contributed by atoms with Gasteiger partial charge in [0.2, 0.25) is 0 Å². The molecule has 0 saturated carbocycles. The Kier molecular flexibility index (Phi) is 3.34. The maximum Gasteiger partial charge on any atom is 0.299 e. The van der Waals surface area contributed by atoms with Crippen molar-refractivity contribution in [1.29, 1.82) is 0 Å². The van der Waals surface area contributed by atoms with Gasteiger partial charge in [-0.2, -0.15) is 16.8 Å². The van der Waals surface area contributed by atoms with E-state index in [0.717, 1.165) is 19.2 Å². The Balaban J connectivity index is 3.94. The molecule has 0 spiro atoms. The third-order valence-corrected chi connectivity index (χ3v) is 3.85. The maximum atomic E-state index is 11.1. The van der Waals surface area contributed by atoms with E-state index < -0.39 is 41.5 Å². The lowest BCUT2D eigenvalue weighted by Gasteiger charge is -2.11. The molecule has 0 heterocycles.